The molecule has 0 aromatic heterocycles. The molecule has 4 aromatic carbocycles. The van der Waals surface area contributed by atoms with Gasteiger partial charge in [-0.1, -0.05) is 103 Å². The monoisotopic (exact) mass is 552 g/mol. The summed E-state index contributed by atoms with van der Waals surface area (Å²) in [7, 11) is 0. The van der Waals surface area contributed by atoms with Crippen molar-refractivity contribution in [3.63, 3.8) is 0 Å². The minimum atomic E-state index is -0.910. The zero-order valence-corrected chi connectivity index (χ0v) is 22.7. The van der Waals surface area contributed by atoms with E-state index >= 15 is 0 Å². The van der Waals surface area contributed by atoms with Crippen molar-refractivity contribution in [2.75, 3.05) is 0 Å². The van der Waals surface area contributed by atoms with Crippen LogP contribution in [-0.4, -0.2) is 24.2 Å². The van der Waals surface area contributed by atoms with Crippen LogP contribution in [-0.2, 0) is 33.9 Å². The molecule has 4 rings (SSSR count). The van der Waals surface area contributed by atoms with Crippen LogP contribution in [0.5, 0.6) is 5.75 Å². The molecule has 0 fully saturated rings. The van der Waals surface area contributed by atoms with E-state index in [1.165, 1.54) is 0 Å². The highest BCUT2D eigenvalue weighted by Gasteiger charge is 2.24. The molecule has 41 heavy (non-hydrogen) atoms. The van der Waals surface area contributed by atoms with Gasteiger partial charge in [0.25, 0.3) is 0 Å². The van der Waals surface area contributed by atoms with Gasteiger partial charge >= 0.3 is 12.2 Å². The van der Waals surface area contributed by atoms with E-state index in [1.807, 2.05) is 97.9 Å². The summed E-state index contributed by atoms with van der Waals surface area (Å²) in [5.74, 6) is -0.0661. The lowest BCUT2D eigenvalue weighted by Crippen LogP contribution is -2.48. The molecule has 0 saturated heterocycles. The summed E-state index contributed by atoms with van der Waals surface area (Å²) in [6.07, 6.45) is -1.34. The molecular formula is C33H32N2O6. The second-order valence-electron chi connectivity index (χ2n) is 9.37. The summed E-state index contributed by atoms with van der Waals surface area (Å²) in [5.41, 5.74) is 3.36. The molecular weight excluding hydrogens is 520 g/mol. The molecule has 0 heterocycles. The minimum Gasteiger partial charge on any atom is -0.445 e. The van der Waals surface area contributed by atoms with Crippen LogP contribution < -0.4 is 15.4 Å². The zero-order valence-electron chi connectivity index (χ0n) is 22.7. The number of carbonyl (C=O) groups is 3. The molecule has 2 atom stereocenters. The van der Waals surface area contributed by atoms with Crippen molar-refractivity contribution in [1.82, 2.24) is 10.6 Å². The summed E-state index contributed by atoms with van der Waals surface area (Å²) in [6, 6.07) is 33.6. The van der Waals surface area contributed by atoms with Crippen LogP contribution in [0.2, 0.25) is 0 Å². The van der Waals surface area contributed by atoms with Crippen LogP contribution in [0.1, 0.15) is 35.2 Å². The fourth-order valence-corrected chi connectivity index (χ4v) is 4.03. The average Bonchev–Trinajstić information content (AvgIpc) is 3.01. The molecule has 210 valence electrons. The standard InChI is InChI=1S/C33H32N2O6/c1-24(28-15-9-4-10-16-28)34-31(36)30(35-32(37)39-22-26-11-5-2-6-12-26)21-25-17-19-29(20-18-25)41-33(38)40-23-27-13-7-3-8-14-27/h2-20,24,30H,21-23H2,1H3,(H,34,36)(H,35,37)/t24-,30-/m0/s1. The number of rotatable bonds is 11. The second kappa shape index (κ2) is 14.9. The van der Waals surface area contributed by atoms with Crippen molar-refractivity contribution in [1.29, 1.82) is 0 Å². The van der Waals surface area contributed by atoms with Crippen molar-refractivity contribution >= 4 is 18.2 Å². The Hall–Kier alpha value is -5.11. The summed E-state index contributed by atoms with van der Waals surface area (Å²) in [4.78, 5) is 38.0. The zero-order chi connectivity index (χ0) is 28.9. The topological polar surface area (TPSA) is 103 Å². The Labute approximate surface area is 239 Å². The van der Waals surface area contributed by atoms with Gasteiger partial charge in [0.05, 0.1) is 6.04 Å². The van der Waals surface area contributed by atoms with Crippen LogP contribution in [0.3, 0.4) is 0 Å². The summed E-state index contributed by atoms with van der Waals surface area (Å²) in [5, 5.41) is 5.66. The van der Waals surface area contributed by atoms with Crippen molar-refractivity contribution in [3.8, 4) is 5.75 Å². The highest BCUT2D eigenvalue weighted by atomic mass is 16.7. The maximum Gasteiger partial charge on any atom is 0.514 e. The Bertz CT molecular complexity index is 1400. The number of amides is 2. The molecule has 0 spiro atoms. The van der Waals surface area contributed by atoms with Gasteiger partial charge in [-0.05, 0) is 41.3 Å². The fraction of sp³-hybridized carbons (Fsp3) is 0.182. The van der Waals surface area contributed by atoms with Crippen LogP contribution in [0.15, 0.2) is 115 Å². The molecule has 2 N–H and O–H groups in total. The number of ether oxygens (including phenoxy) is 3. The Morgan fingerprint density at radius 3 is 1.76 bits per heavy atom. The number of nitrogens with one attached hydrogen (secondary N) is 2. The molecule has 0 bridgehead atoms. The molecule has 0 unspecified atom stereocenters. The SMILES string of the molecule is C[C@H](NC(=O)[C@H](Cc1ccc(OC(=O)OCc2ccccc2)cc1)NC(=O)OCc1ccccc1)c1ccccc1. The molecule has 8 nitrogen and oxygen atoms in total. The van der Waals surface area contributed by atoms with Crippen molar-refractivity contribution in [2.45, 2.75) is 38.6 Å². The van der Waals surface area contributed by atoms with Gasteiger partial charge in [-0.25, -0.2) is 9.59 Å². The largest absolute Gasteiger partial charge is 0.514 e. The molecule has 0 aliphatic heterocycles. The first-order valence-electron chi connectivity index (χ1n) is 13.3. The third-order valence-corrected chi connectivity index (χ3v) is 6.24. The van der Waals surface area contributed by atoms with Crippen molar-refractivity contribution < 1.29 is 28.6 Å². The predicted molar refractivity (Wildman–Crippen MR) is 154 cm³/mol. The number of hydrogen-bond acceptors (Lipinski definition) is 6. The van der Waals surface area contributed by atoms with Crippen molar-refractivity contribution in [2.24, 2.45) is 0 Å². The lowest BCUT2D eigenvalue weighted by atomic mass is 10.0. The number of alkyl carbamates (subject to hydrolysis) is 1. The van der Waals surface area contributed by atoms with E-state index < -0.39 is 18.3 Å². The first kappa shape index (κ1) is 28.9. The summed E-state index contributed by atoms with van der Waals surface area (Å²) in [6.45, 7) is 2.05. The third-order valence-electron chi connectivity index (χ3n) is 6.24. The molecule has 2 amide bonds. The van der Waals surface area contributed by atoms with Crippen LogP contribution in [0.25, 0.3) is 0 Å². The minimum absolute atomic E-state index is 0.0772. The van der Waals surface area contributed by atoms with Gasteiger partial charge in [0, 0.05) is 6.42 Å². The van der Waals surface area contributed by atoms with Gasteiger partial charge in [-0.3, -0.25) is 4.79 Å². The maximum absolute atomic E-state index is 13.3. The predicted octanol–water partition coefficient (Wildman–Crippen LogP) is 6.12. The Balaban J connectivity index is 1.37. The summed E-state index contributed by atoms with van der Waals surface area (Å²) < 4.78 is 15.8. The number of benzene rings is 4. The highest BCUT2D eigenvalue weighted by molar-refractivity contribution is 5.86. The summed E-state index contributed by atoms with van der Waals surface area (Å²) >= 11 is 0. The Kier molecular flexibility index (Phi) is 10.5. The first-order valence-corrected chi connectivity index (χ1v) is 13.3. The quantitative estimate of drug-likeness (QED) is 0.172. The van der Waals surface area contributed by atoms with Gasteiger partial charge in [0.2, 0.25) is 5.91 Å². The van der Waals surface area contributed by atoms with Crippen LogP contribution >= 0.6 is 0 Å². The third kappa shape index (κ3) is 9.54. The average molecular weight is 553 g/mol. The highest BCUT2D eigenvalue weighted by Crippen LogP contribution is 2.16. The van der Waals surface area contributed by atoms with Gasteiger partial charge in [0.15, 0.2) is 0 Å². The lowest BCUT2D eigenvalue weighted by Gasteiger charge is -2.22. The molecule has 0 aliphatic rings. The molecule has 0 radical (unpaired) electrons. The first-order chi connectivity index (χ1) is 20.0. The van der Waals surface area contributed by atoms with E-state index in [4.69, 9.17) is 14.2 Å². The molecule has 8 heteroatoms. The van der Waals surface area contributed by atoms with E-state index in [2.05, 4.69) is 10.6 Å². The van der Waals surface area contributed by atoms with Gasteiger partial charge in [-0.2, -0.15) is 0 Å². The maximum atomic E-state index is 13.3. The van der Waals surface area contributed by atoms with E-state index in [1.54, 1.807) is 24.3 Å². The normalized spacial score (nSPS) is 11.9. The van der Waals surface area contributed by atoms with E-state index in [0.29, 0.717) is 5.75 Å². The number of hydrogen-bond donors (Lipinski definition) is 2. The molecule has 0 saturated carbocycles. The Morgan fingerprint density at radius 2 is 1.17 bits per heavy atom. The van der Waals surface area contributed by atoms with Gasteiger partial charge in [0.1, 0.15) is 25.0 Å². The van der Waals surface area contributed by atoms with E-state index in [9.17, 15) is 14.4 Å². The molecule has 0 aliphatic carbocycles. The molecule has 4 aromatic rings. The lowest BCUT2D eigenvalue weighted by molar-refractivity contribution is -0.123. The van der Waals surface area contributed by atoms with Crippen LogP contribution in [0, 0.1) is 0 Å². The van der Waals surface area contributed by atoms with E-state index in [0.717, 1.165) is 22.3 Å². The van der Waals surface area contributed by atoms with Crippen molar-refractivity contribution in [3.05, 3.63) is 138 Å². The van der Waals surface area contributed by atoms with Crippen LogP contribution in [0.4, 0.5) is 9.59 Å². The fourth-order valence-electron chi connectivity index (χ4n) is 4.03. The number of carbonyl (C=O) groups excluding carboxylic acids is 3. The van der Waals surface area contributed by atoms with Gasteiger partial charge in [-0.15, -0.1) is 0 Å². The van der Waals surface area contributed by atoms with E-state index in [-0.39, 0.29) is 31.6 Å². The van der Waals surface area contributed by atoms with Gasteiger partial charge < -0.3 is 24.8 Å². The Morgan fingerprint density at radius 1 is 0.634 bits per heavy atom. The second-order valence-corrected chi connectivity index (χ2v) is 9.37. The smallest absolute Gasteiger partial charge is 0.445 e.